The Balaban J connectivity index is 1.38. The molecule has 1 aliphatic heterocycles. The molecule has 3 unspecified atom stereocenters. The van der Waals surface area contributed by atoms with Gasteiger partial charge in [0.15, 0.2) is 5.78 Å². The molecule has 0 aromatic heterocycles. The van der Waals surface area contributed by atoms with E-state index >= 15 is 0 Å². The number of hydrogen-bond acceptors (Lipinski definition) is 4. The summed E-state index contributed by atoms with van der Waals surface area (Å²) in [7, 11) is 0. The van der Waals surface area contributed by atoms with Crippen molar-refractivity contribution in [3.8, 4) is 0 Å². The smallest absolute Gasteiger partial charge is 0.161 e. The monoisotopic (exact) mass is 608 g/mol. The third-order valence-electron chi connectivity index (χ3n) is 11.1. The molecule has 1 saturated heterocycles. The van der Waals surface area contributed by atoms with E-state index in [0.717, 1.165) is 31.3 Å². The van der Waals surface area contributed by atoms with E-state index in [1.54, 1.807) is 0 Å². The lowest BCUT2D eigenvalue weighted by atomic mass is 9.61. The highest BCUT2D eigenvalue weighted by molar-refractivity contribution is 5.96. The summed E-state index contributed by atoms with van der Waals surface area (Å²) >= 11 is 0. The Labute approximate surface area is 269 Å². The van der Waals surface area contributed by atoms with Crippen LogP contribution < -0.4 is 0 Å². The highest BCUT2D eigenvalue weighted by Crippen LogP contribution is 2.67. The standard InChI is InChI=1S/C40H64O4/c1-29(18-13-19-31(3)22-23-35-36(5,6)24-15-25-38(35,9)43)16-11-12-17-30(2)20-14-21-32(4)34(42)28-40-37(7,8)26-33(41)27-39(40,10)44-40/h11-12,14,16-17,20-21,23,29-31,33,41,43H,13,15,18-19,22,24-28H2,1-10H3/b16-11+,17-12+,20-14+,32-21+,35-23?/t29?,30?,31?,33-,38+,39+,40-/m0/s1. The zero-order valence-electron chi connectivity index (χ0n) is 29.7. The second-order valence-corrected chi connectivity index (χ2v) is 16.4. The van der Waals surface area contributed by atoms with Crippen LogP contribution >= 0.6 is 0 Å². The molecular weight excluding hydrogens is 544 g/mol. The quantitative estimate of drug-likeness (QED) is 0.0891. The number of Topliss-reactive ketones (excluding diaryl/α,β-unsaturated/α-hetero) is 1. The van der Waals surface area contributed by atoms with Crippen molar-refractivity contribution in [3.63, 3.8) is 0 Å². The molecule has 3 fully saturated rings. The van der Waals surface area contributed by atoms with Crippen LogP contribution in [0.3, 0.4) is 0 Å². The third-order valence-corrected chi connectivity index (χ3v) is 11.1. The molecule has 4 nitrogen and oxygen atoms in total. The molecule has 7 atom stereocenters. The van der Waals surface area contributed by atoms with Gasteiger partial charge in [0.1, 0.15) is 5.60 Å². The van der Waals surface area contributed by atoms with Crippen LogP contribution in [0.2, 0.25) is 0 Å². The molecule has 1 heterocycles. The maximum atomic E-state index is 13.1. The van der Waals surface area contributed by atoms with Gasteiger partial charge in [-0.15, -0.1) is 0 Å². The van der Waals surface area contributed by atoms with E-state index in [0.29, 0.717) is 31.1 Å². The van der Waals surface area contributed by atoms with Gasteiger partial charge in [-0.1, -0.05) is 110 Å². The number of epoxide rings is 1. The molecule has 3 aliphatic rings. The van der Waals surface area contributed by atoms with E-state index < -0.39 is 16.8 Å². The predicted molar refractivity (Wildman–Crippen MR) is 184 cm³/mol. The second kappa shape index (κ2) is 14.3. The summed E-state index contributed by atoms with van der Waals surface area (Å²) in [5, 5.41) is 21.2. The summed E-state index contributed by atoms with van der Waals surface area (Å²) in [4.78, 5) is 13.1. The average molecular weight is 609 g/mol. The Morgan fingerprint density at radius 3 is 2.27 bits per heavy atom. The molecule has 2 saturated carbocycles. The molecule has 0 amide bonds. The topological polar surface area (TPSA) is 70.1 Å². The van der Waals surface area contributed by atoms with Crippen molar-refractivity contribution in [3.05, 3.63) is 59.8 Å². The Kier molecular flexibility index (Phi) is 12.0. The minimum Gasteiger partial charge on any atom is -0.393 e. The first-order chi connectivity index (χ1) is 20.3. The highest BCUT2D eigenvalue weighted by Gasteiger charge is 2.76. The van der Waals surface area contributed by atoms with Crippen molar-refractivity contribution in [1.82, 2.24) is 0 Å². The van der Waals surface area contributed by atoms with E-state index in [-0.39, 0.29) is 28.6 Å². The van der Waals surface area contributed by atoms with Crippen molar-refractivity contribution in [2.75, 3.05) is 0 Å². The van der Waals surface area contributed by atoms with Gasteiger partial charge in [-0.2, -0.15) is 0 Å². The van der Waals surface area contributed by atoms with E-state index in [4.69, 9.17) is 4.74 Å². The van der Waals surface area contributed by atoms with Gasteiger partial charge in [0, 0.05) is 12.8 Å². The maximum Gasteiger partial charge on any atom is 0.161 e. The zero-order chi connectivity index (χ0) is 33.0. The Morgan fingerprint density at radius 1 is 0.955 bits per heavy atom. The van der Waals surface area contributed by atoms with Crippen LogP contribution in [-0.2, 0) is 9.53 Å². The fraction of sp³-hybridized carbons (Fsp3) is 0.725. The zero-order valence-corrected chi connectivity index (χ0v) is 29.7. The third kappa shape index (κ3) is 8.95. The van der Waals surface area contributed by atoms with Gasteiger partial charge in [-0.3, -0.25) is 4.79 Å². The summed E-state index contributed by atoms with van der Waals surface area (Å²) < 4.78 is 6.20. The largest absolute Gasteiger partial charge is 0.393 e. The molecule has 0 radical (unpaired) electrons. The number of carbonyl (C=O) groups is 1. The number of allylic oxidation sites excluding steroid dienone is 9. The molecule has 248 valence electrons. The lowest BCUT2D eigenvalue weighted by Crippen LogP contribution is -2.48. The summed E-state index contributed by atoms with van der Waals surface area (Å²) in [6, 6.07) is 0. The number of aliphatic hydroxyl groups is 2. The number of hydrogen-bond donors (Lipinski definition) is 2. The van der Waals surface area contributed by atoms with Crippen LogP contribution in [0.4, 0.5) is 0 Å². The van der Waals surface area contributed by atoms with Crippen molar-refractivity contribution in [1.29, 1.82) is 0 Å². The van der Waals surface area contributed by atoms with Crippen LogP contribution in [0.25, 0.3) is 0 Å². The number of fused-ring (bicyclic) bond motifs is 1. The number of ketones is 1. The highest BCUT2D eigenvalue weighted by atomic mass is 16.6. The molecule has 0 spiro atoms. The Morgan fingerprint density at radius 2 is 1.61 bits per heavy atom. The molecule has 2 aliphatic carbocycles. The summed E-state index contributed by atoms with van der Waals surface area (Å²) in [6.07, 6.45) is 26.2. The second-order valence-electron chi connectivity index (χ2n) is 16.4. The van der Waals surface area contributed by atoms with Crippen LogP contribution in [0.1, 0.15) is 133 Å². The maximum absolute atomic E-state index is 13.1. The molecule has 0 bridgehead atoms. The lowest BCUT2D eigenvalue weighted by Gasteiger charge is -2.43. The van der Waals surface area contributed by atoms with Crippen LogP contribution in [0.15, 0.2) is 59.8 Å². The molecular formula is C40H64O4. The first-order valence-corrected chi connectivity index (χ1v) is 17.4. The molecule has 44 heavy (non-hydrogen) atoms. The lowest BCUT2D eigenvalue weighted by molar-refractivity contribution is -0.118. The van der Waals surface area contributed by atoms with Gasteiger partial charge >= 0.3 is 0 Å². The number of carbonyl (C=O) groups excluding carboxylic acids is 1. The van der Waals surface area contributed by atoms with E-state index in [1.165, 1.54) is 24.8 Å². The Hall–Kier alpha value is -1.75. The van der Waals surface area contributed by atoms with Gasteiger partial charge in [-0.05, 0) is 99.0 Å². The van der Waals surface area contributed by atoms with Crippen LogP contribution in [0, 0.1) is 28.6 Å². The van der Waals surface area contributed by atoms with E-state index in [2.05, 4.69) is 84.9 Å². The summed E-state index contributed by atoms with van der Waals surface area (Å²) in [5.74, 6) is 1.56. The fourth-order valence-corrected chi connectivity index (χ4v) is 8.24. The molecule has 0 aromatic rings. The van der Waals surface area contributed by atoms with Crippen LogP contribution in [0.5, 0.6) is 0 Å². The first kappa shape index (κ1) is 36.7. The van der Waals surface area contributed by atoms with Gasteiger partial charge in [-0.25, -0.2) is 0 Å². The molecule has 3 rings (SSSR count). The normalized spacial score (nSPS) is 34.9. The van der Waals surface area contributed by atoms with E-state index in [1.807, 2.05) is 32.9 Å². The summed E-state index contributed by atoms with van der Waals surface area (Å²) in [6.45, 7) is 21.5. The van der Waals surface area contributed by atoms with Crippen molar-refractivity contribution in [2.24, 2.45) is 28.6 Å². The number of aliphatic hydroxyl groups excluding tert-OH is 1. The minimum atomic E-state index is -0.649. The molecule has 0 aromatic carbocycles. The van der Waals surface area contributed by atoms with Crippen LogP contribution in [-0.4, -0.2) is 38.9 Å². The van der Waals surface area contributed by atoms with Crippen molar-refractivity contribution < 1.29 is 19.7 Å². The fourth-order valence-electron chi connectivity index (χ4n) is 8.24. The Bertz CT molecular complexity index is 1130. The minimum absolute atomic E-state index is 0.101. The van der Waals surface area contributed by atoms with Gasteiger partial charge in [0.2, 0.25) is 0 Å². The molecule has 2 N–H and O–H groups in total. The van der Waals surface area contributed by atoms with Gasteiger partial charge in [0.05, 0.1) is 17.3 Å². The van der Waals surface area contributed by atoms with E-state index in [9.17, 15) is 15.0 Å². The van der Waals surface area contributed by atoms with Crippen molar-refractivity contribution >= 4 is 5.78 Å². The SMILES string of the molecule is C/C(=C\C=C\C(C)/C=C/C=C/C(C)CCCC(C)CC=C1C(C)(C)CCC[C@@]1(C)O)C(=O)C[C@@]12O[C@]1(C)C[C@@H](O)CC2(C)C. The predicted octanol–water partition coefficient (Wildman–Crippen LogP) is 9.63. The average Bonchev–Trinajstić information content (AvgIpc) is 3.49. The van der Waals surface area contributed by atoms with Gasteiger partial charge in [0.25, 0.3) is 0 Å². The van der Waals surface area contributed by atoms with Crippen molar-refractivity contribution in [2.45, 2.75) is 156 Å². The molecule has 4 heteroatoms. The number of ether oxygens (including phenoxy) is 1. The summed E-state index contributed by atoms with van der Waals surface area (Å²) in [5.41, 5.74) is 0.331. The first-order valence-electron chi connectivity index (χ1n) is 17.4. The van der Waals surface area contributed by atoms with Gasteiger partial charge < -0.3 is 14.9 Å². The number of rotatable bonds is 14.